The molecule has 6 nitrogen and oxygen atoms in total. The molecule has 178 valence electrons. The lowest BCUT2D eigenvalue weighted by Gasteiger charge is -2.31. The molecule has 2 aromatic rings. The topological polar surface area (TPSA) is 76.3 Å². The van der Waals surface area contributed by atoms with Crippen LogP contribution < -0.4 is 15.8 Å². The molecule has 2 fully saturated rings. The van der Waals surface area contributed by atoms with Crippen LogP contribution in [0.3, 0.4) is 0 Å². The van der Waals surface area contributed by atoms with Crippen molar-refractivity contribution >= 4 is 11.4 Å². The van der Waals surface area contributed by atoms with Crippen molar-refractivity contribution in [3.63, 3.8) is 0 Å². The summed E-state index contributed by atoms with van der Waals surface area (Å²) in [6.07, 6.45) is 13.1. The molecule has 0 radical (unpaired) electrons. The number of halogens is 1. The van der Waals surface area contributed by atoms with Crippen LogP contribution >= 0.6 is 0 Å². The molecule has 34 heavy (non-hydrogen) atoms. The third-order valence-corrected chi connectivity index (χ3v) is 6.08. The molecule has 0 bridgehead atoms. The Hall–Kier alpha value is -3.61. The summed E-state index contributed by atoms with van der Waals surface area (Å²) in [7, 11) is 1.51. The van der Waals surface area contributed by atoms with Crippen molar-refractivity contribution in [3.8, 4) is 17.1 Å². The average Bonchev–Trinajstić information content (AvgIpc) is 3.70. The molecule has 3 heterocycles. The number of allylic oxidation sites excluding steroid dienone is 4. The minimum Gasteiger partial charge on any atom is -0.481 e. The first-order valence-corrected chi connectivity index (χ1v) is 11.8. The highest BCUT2D eigenvalue weighted by Crippen LogP contribution is 2.39. The van der Waals surface area contributed by atoms with Crippen LogP contribution in [0.2, 0.25) is 0 Å². The summed E-state index contributed by atoms with van der Waals surface area (Å²) >= 11 is 0. The molecule has 0 amide bonds. The highest BCUT2D eigenvalue weighted by Gasteiger charge is 2.26. The third-order valence-electron chi connectivity index (χ3n) is 6.08. The Balaban J connectivity index is 1.79. The van der Waals surface area contributed by atoms with Crippen LogP contribution in [0, 0.1) is 5.82 Å². The Morgan fingerprint density at radius 1 is 1.26 bits per heavy atom. The molecule has 7 heteroatoms. The second-order valence-electron chi connectivity index (χ2n) is 8.47. The standard InChI is InChI=1S/C27H32FN5O/c1-4-10-23(33-15-7-6-8-16-33)22(5-2)31-24(18-12-13-18)26-21(29)17-20(28)25(32-26)19-11-9-14-30-27(19)34-3/h4-5,9-11,14,17,31H,2,6-8,12-13,15-16,29H2,1,3H3/b10-4-,23-22-. The number of pyridine rings is 2. The molecule has 3 N–H and O–H groups in total. The van der Waals surface area contributed by atoms with E-state index in [1.807, 2.05) is 19.1 Å². The lowest BCUT2D eigenvalue weighted by atomic mass is 10.1. The molecule has 0 spiro atoms. The van der Waals surface area contributed by atoms with E-state index in [-0.39, 0.29) is 11.4 Å². The quantitative estimate of drug-likeness (QED) is 0.511. The van der Waals surface area contributed by atoms with Crippen molar-refractivity contribution in [1.82, 2.24) is 20.2 Å². The lowest BCUT2D eigenvalue weighted by molar-refractivity contribution is 0.290. The first-order chi connectivity index (χ1) is 16.6. The first-order valence-electron chi connectivity index (χ1n) is 11.8. The van der Waals surface area contributed by atoms with Gasteiger partial charge in [-0.15, -0.1) is 0 Å². The Bertz CT molecular complexity index is 1160. The third kappa shape index (κ3) is 4.98. The predicted octanol–water partition coefficient (Wildman–Crippen LogP) is 5.43. The van der Waals surface area contributed by atoms with Crippen LogP contribution in [0.15, 0.2) is 66.2 Å². The highest BCUT2D eigenvalue weighted by atomic mass is 19.1. The van der Waals surface area contributed by atoms with E-state index in [9.17, 15) is 0 Å². The van der Waals surface area contributed by atoms with Gasteiger partial charge >= 0.3 is 0 Å². The van der Waals surface area contributed by atoms with Gasteiger partial charge in [0.1, 0.15) is 11.4 Å². The largest absolute Gasteiger partial charge is 0.481 e. The van der Waals surface area contributed by atoms with Crippen LogP contribution in [-0.4, -0.2) is 35.1 Å². The fraction of sp³-hybridized carbons (Fsp3) is 0.333. The van der Waals surface area contributed by atoms with Gasteiger partial charge in [-0.2, -0.15) is 0 Å². The fourth-order valence-corrected chi connectivity index (χ4v) is 4.27. The minimum atomic E-state index is -0.518. The maximum atomic E-state index is 15.0. The van der Waals surface area contributed by atoms with Gasteiger partial charge in [-0.1, -0.05) is 12.7 Å². The summed E-state index contributed by atoms with van der Waals surface area (Å²) in [5.41, 5.74) is 11.7. The first kappa shape index (κ1) is 23.5. The number of likely N-dealkylation sites (tertiary alicyclic amines) is 1. The van der Waals surface area contributed by atoms with Gasteiger partial charge in [0, 0.05) is 25.4 Å². The number of nitrogen functional groups attached to an aromatic ring is 1. The number of methoxy groups -OCH3 is 1. The zero-order valence-corrected chi connectivity index (χ0v) is 19.9. The number of piperidine rings is 1. The van der Waals surface area contributed by atoms with Crippen LogP contribution in [0.1, 0.15) is 44.7 Å². The van der Waals surface area contributed by atoms with Gasteiger partial charge in [0.05, 0.1) is 35.5 Å². The van der Waals surface area contributed by atoms with E-state index in [0.717, 1.165) is 43.0 Å². The number of hydrogen-bond acceptors (Lipinski definition) is 6. The molecular formula is C27H32FN5O. The monoisotopic (exact) mass is 461 g/mol. The molecule has 2 aromatic heterocycles. The van der Waals surface area contributed by atoms with Crippen molar-refractivity contribution in [2.45, 2.75) is 39.0 Å². The number of anilines is 1. The van der Waals surface area contributed by atoms with E-state index < -0.39 is 5.82 Å². The maximum Gasteiger partial charge on any atom is 0.222 e. The zero-order valence-electron chi connectivity index (χ0n) is 19.9. The van der Waals surface area contributed by atoms with Crippen molar-refractivity contribution in [1.29, 1.82) is 0 Å². The number of hydrogen-bond donors (Lipinski definition) is 2. The second-order valence-corrected chi connectivity index (χ2v) is 8.47. The van der Waals surface area contributed by atoms with Crippen LogP contribution in [-0.2, 0) is 0 Å². The Morgan fingerprint density at radius 3 is 2.68 bits per heavy atom. The van der Waals surface area contributed by atoms with Gasteiger partial charge in [0.25, 0.3) is 0 Å². The van der Waals surface area contributed by atoms with Crippen molar-refractivity contribution in [3.05, 3.63) is 77.7 Å². The van der Waals surface area contributed by atoms with Gasteiger partial charge in [0.2, 0.25) is 5.88 Å². The van der Waals surface area contributed by atoms with Gasteiger partial charge in [0.15, 0.2) is 5.82 Å². The Labute approximate surface area is 200 Å². The normalized spacial score (nSPS) is 16.3. The molecule has 1 saturated heterocycles. The molecule has 1 saturated carbocycles. The molecule has 1 aliphatic heterocycles. The molecule has 2 aliphatic rings. The van der Waals surface area contributed by atoms with Gasteiger partial charge < -0.3 is 20.7 Å². The maximum absolute atomic E-state index is 15.0. The number of nitrogens with two attached hydrogens (primary N) is 1. The number of ether oxygens (including phenoxy) is 1. The molecule has 0 aromatic carbocycles. The second kappa shape index (κ2) is 10.5. The van der Waals surface area contributed by atoms with E-state index in [4.69, 9.17) is 10.5 Å². The summed E-state index contributed by atoms with van der Waals surface area (Å²) in [5, 5.41) is 3.57. The van der Waals surface area contributed by atoms with E-state index in [1.54, 1.807) is 18.3 Å². The Morgan fingerprint density at radius 2 is 2.03 bits per heavy atom. The van der Waals surface area contributed by atoms with Crippen LogP contribution in [0.25, 0.3) is 17.0 Å². The summed E-state index contributed by atoms with van der Waals surface area (Å²) in [6, 6.07) is 4.79. The highest BCUT2D eigenvalue weighted by molar-refractivity contribution is 5.79. The van der Waals surface area contributed by atoms with Crippen molar-refractivity contribution in [2.75, 3.05) is 25.9 Å². The summed E-state index contributed by atoms with van der Waals surface area (Å²) in [6.45, 7) is 8.09. The lowest BCUT2D eigenvalue weighted by Crippen LogP contribution is -2.31. The van der Waals surface area contributed by atoms with Crippen molar-refractivity contribution in [2.24, 2.45) is 0 Å². The number of rotatable bonds is 8. The summed E-state index contributed by atoms with van der Waals surface area (Å²) < 4.78 is 20.4. The molecule has 1 aliphatic carbocycles. The Kier molecular flexibility index (Phi) is 7.30. The SMILES string of the molecule is C=C/C(NC(=C1CC1)c1nc(-c2cccnc2OC)c(F)cc1N)=C(\C=C/C)N1CCCCC1. The zero-order chi connectivity index (χ0) is 24.1. The van der Waals surface area contributed by atoms with E-state index in [0.29, 0.717) is 17.1 Å². The van der Waals surface area contributed by atoms with Crippen LogP contribution in [0.5, 0.6) is 5.88 Å². The number of nitrogens with one attached hydrogen (secondary N) is 1. The predicted molar refractivity (Wildman–Crippen MR) is 135 cm³/mol. The van der Waals surface area contributed by atoms with E-state index >= 15 is 4.39 Å². The smallest absolute Gasteiger partial charge is 0.222 e. The summed E-state index contributed by atoms with van der Waals surface area (Å²) in [4.78, 5) is 11.3. The number of aromatic nitrogens is 2. The van der Waals surface area contributed by atoms with Gasteiger partial charge in [-0.3, -0.25) is 0 Å². The van der Waals surface area contributed by atoms with Crippen molar-refractivity contribution < 1.29 is 9.13 Å². The molecule has 0 atom stereocenters. The number of nitrogens with zero attached hydrogens (tertiary/aromatic N) is 3. The average molecular weight is 462 g/mol. The minimum absolute atomic E-state index is 0.156. The van der Waals surface area contributed by atoms with E-state index in [1.165, 1.54) is 38.0 Å². The fourth-order valence-electron chi connectivity index (χ4n) is 4.27. The molecule has 4 rings (SSSR count). The summed E-state index contributed by atoms with van der Waals surface area (Å²) in [5.74, 6) is -0.208. The van der Waals surface area contributed by atoms with Crippen LogP contribution in [0.4, 0.5) is 10.1 Å². The molecular weight excluding hydrogens is 429 g/mol. The van der Waals surface area contributed by atoms with E-state index in [2.05, 4.69) is 32.8 Å². The van der Waals surface area contributed by atoms with Gasteiger partial charge in [-0.05, 0) is 68.9 Å². The molecule has 0 unspecified atom stereocenters. The van der Waals surface area contributed by atoms with Gasteiger partial charge in [-0.25, -0.2) is 14.4 Å².